The first-order chi connectivity index (χ1) is 13.4. The fourth-order valence-electron chi connectivity index (χ4n) is 3.66. The molecule has 0 bridgehead atoms. The molecule has 146 valence electrons. The van der Waals surface area contributed by atoms with Crippen LogP contribution in [-0.2, 0) is 27.6 Å². The van der Waals surface area contributed by atoms with Gasteiger partial charge in [-0.1, -0.05) is 18.2 Å². The van der Waals surface area contributed by atoms with Gasteiger partial charge in [0, 0.05) is 12.1 Å². The molecule has 1 aromatic heterocycles. The summed E-state index contributed by atoms with van der Waals surface area (Å²) in [5.74, 6) is 0.344. The second-order valence-corrected chi connectivity index (χ2v) is 9.36. The first-order valence-electron chi connectivity index (χ1n) is 9.10. The number of imidazole rings is 1. The number of nitrogens with one attached hydrogen (secondary N) is 1. The highest BCUT2D eigenvalue weighted by Crippen LogP contribution is 2.25. The Labute approximate surface area is 162 Å². The smallest absolute Gasteiger partial charge is 0.244 e. The number of aromatic nitrogens is 2. The van der Waals surface area contributed by atoms with Crippen LogP contribution in [0.1, 0.15) is 12.2 Å². The number of anilines is 1. The normalized spacial score (nSPS) is 18.4. The van der Waals surface area contributed by atoms with Crippen molar-refractivity contribution >= 4 is 32.5 Å². The molecule has 1 fully saturated rings. The minimum atomic E-state index is -2.98. The number of rotatable bonds is 5. The lowest BCUT2D eigenvalue weighted by molar-refractivity contribution is -0.116. The second kappa shape index (κ2) is 7.35. The molecule has 0 aliphatic carbocycles. The molecular formula is C20H20FN3O3S. The Bertz CT molecular complexity index is 1140. The Morgan fingerprint density at radius 3 is 2.79 bits per heavy atom. The molecule has 1 atom stereocenters. The number of hydrogen-bond acceptors (Lipinski definition) is 4. The van der Waals surface area contributed by atoms with Crippen molar-refractivity contribution in [3.8, 4) is 0 Å². The maximum absolute atomic E-state index is 13.3. The van der Waals surface area contributed by atoms with E-state index in [0.29, 0.717) is 24.4 Å². The van der Waals surface area contributed by atoms with Gasteiger partial charge in [-0.15, -0.1) is 0 Å². The highest BCUT2D eigenvalue weighted by Gasteiger charge is 2.29. The van der Waals surface area contributed by atoms with Crippen LogP contribution in [0.2, 0.25) is 0 Å². The first-order valence-corrected chi connectivity index (χ1v) is 10.9. The van der Waals surface area contributed by atoms with Gasteiger partial charge in [0.15, 0.2) is 9.84 Å². The Hall–Kier alpha value is -2.74. The van der Waals surface area contributed by atoms with Crippen LogP contribution in [0.15, 0.2) is 48.5 Å². The van der Waals surface area contributed by atoms with E-state index in [-0.39, 0.29) is 29.9 Å². The molecule has 0 saturated carbocycles. The maximum Gasteiger partial charge on any atom is 0.244 e. The minimum Gasteiger partial charge on any atom is -0.324 e. The molecule has 1 aliphatic heterocycles. The number of carbonyl (C=O) groups excluding carboxylic acids is 1. The summed E-state index contributed by atoms with van der Waals surface area (Å²) in [7, 11) is -2.98. The van der Waals surface area contributed by atoms with E-state index < -0.39 is 15.7 Å². The van der Waals surface area contributed by atoms with Crippen molar-refractivity contribution in [1.29, 1.82) is 0 Å². The number of amides is 1. The summed E-state index contributed by atoms with van der Waals surface area (Å²) in [5.41, 5.74) is 1.96. The number of sulfone groups is 1. The third kappa shape index (κ3) is 4.06. The summed E-state index contributed by atoms with van der Waals surface area (Å²) in [6, 6.07) is 13.2. The van der Waals surface area contributed by atoms with Crippen molar-refractivity contribution in [3.63, 3.8) is 0 Å². The van der Waals surface area contributed by atoms with Crippen molar-refractivity contribution < 1.29 is 17.6 Å². The van der Waals surface area contributed by atoms with Crippen LogP contribution in [0.25, 0.3) is 11.0 Å². The monoisotopic (exact) mass is 401 g/mol. The van der Waals surface area contributed by atoms with Crippen LogP contribution >= 0.6 is 0 Å². The number of benzene rings is 2. The average Bonchev–Trinajstić information content (AvgIpc) is 3.15. The summed E-state index contributed by atoms with van der Waals surface area (Å²) in [6.45, 7) is 0.0197. The molecule has 1 saturated heterocycles. The SMILES string of the molecule is O=C(Cn1c(CC2CCS(=O)(=O)C2)nc2ccccc21)Nc1cccc(F)c1. The zero-order valence-electron chi connectivity index (χ0n) is 15.1. The van der Waals surface area contributed by atoms with E-state index in [1.54, 1.807) is 6.07 Å². The van der Waals surface area contributed by atoms with Crippen LogP contribution in [0.4, 0.5) is 10.1 Å². The van der Waals surface area contributed by atoms with E-state index >= 15 is 0 Å². The van der Waals surface area contributed by atoms with Gasteiger partial charge < -0.3 is 9.88 Å². The number of fused-ring (bicyclic) bond motifs is 1. The molecule has 0 radical (unpaired) electrons. The van der Waals surface area contributed by atoms with Gasteiger partial charge in [0.2, 0.25) is 5.91 Å². The first kappa shape index (κ1) is 18.6. The van der Waals surface area contributed by atoms with Crippen LogP contribution in [0, 0.1) is 11.7 Å². The van der Waals surface area contributed by atoms with Crippen molar-refractivity contribution in [2.75, 3.05) is 16.8 Å². The van der Waals surface area contributed by atoms with E-state index in [4.69, 9.17) is 0 Å². The van der Waals surface area contributed by atoms with E-state index in [2.05, 4.69) is 10.3 Å². The summed E-state index contributed by atoms with van der Waals surface area (Å²) >= 11 is 0. The van der Waals surface area contributed by atoms with Gasteiger partial charge in [0.25, 0.3) is 0 Å². The molecule has 3 aromatic rings. The summed E-state index contributed by atoms with van der Waals surface area (Å²) in [6.07, 6.45) is 1.11. The number of para-hydroxylation sites is 2. The molecule has 8 heteroatoms. The molecule has 2 heterocycles. The third-order valence-corrected chi connectivity index (χ3v) is 6.78. The quantitative estimate of drug-likeness (QED) is 0.713. The van der Waals surface area contributed by atoms with Gasteiger partial charge >= 0.3 is 0 Å². The standard InChI is InChI=1S/C20H20FN3O3S/c21-15-4-3-5-16(11-15)22-20(25)12-24-18-7-2-1-6-17(18)23-19(24)10-14-8-9-28(26,27)13-14/h1-7,11,14H,8-10,12-13H2,(H,22,25). The molecule has 0 spiro atoms. The van der Waals surface area contributed by atoms with Crippen LogP contribution < -0.4 is 5.32 Å². The van der Waals surface area contributed by atoms with Gasteiger partial charge in [-0.05, 0) is 42.7 Å². The average molecular weight is 401 g/mol. The molecule has 28 heavy (non-hydrogen) atoms. The fourth-order valence-corrected chi connectivity index (χ4v) is 5.52. The lowest BCUT2D eigenvalue weighted by Gasteiger charge is -2.12. The zero-order chi connectivity index (χ0) is 19.7. The molecule has 1 unspecified atom stereocenters. The molecule has 4 rings (SSSR count). The van der Waals surface area contributed by atoms with Gasteiger partial charge in [0.05, 0.1) is 22.5 Å². The molecule has 6 nitrogen and oxygen atoms in total. The van der Waals surface area contributed by atoms with Gasteiger partial charge in [-0.3, -0.25) is 4.79 Å². The van der Waals surface area contributed by atoms with Gasteiger partial charge in [-0.25, -0.2) is 17.8 Å². The maximum atomic E-state index is 13.3. The van der Waals surface area contributed by atoms with E-state index in [0.717, 1.165) is 11.0 Å². The van der Waals surface area contributed by atoms with Gasteiger partial charge in [-0.2, -0.15) is 0 Å². The van der Waals surface area contributed by atoms with Crippen molar-refractivity contribution in [2.45, 2.75) is 19.4 Å². The molecule has 1 amide bonds. The predicted octanol–water partition coefficient (Wildman–Crippen LogP) is 2.79. The van der Waals surface area contributed by atoms with E-state index in [9.17, 15) is 17.6 Å². The van der Waals surface area contributed by atoms with Crippen LogP contribution in [0.3, 0.4) is 0 Å². The fraction of sp³-hybridized carbons (Fsp3) is 0.300. The Balaban J connectivity index is 1.59. The second-order valence-electron chi connectivity index (χ2n) is 7.13. The van der Waals surface area contributed by atoms with E-state index in [1.165, 1.54) is 18.2 Å². The molecule has 1 aliphatic rings. The topological polar surface area (TPSA) is 81.1 Å². The molecule has 2 aromatic carbocycles. The number of nitrogens with zero attached hydrogens (tertiary/aromatic N) is 2. The zero-order valence-corrected chi connectivity index (χ0v) is 16.0. The Morgan fingerprint density at radius 1 is 1.21 bits per heavy atom. The summed E-state index contributed by atoms with van der Waals surface area (Å²) in [4.78, 5) is 17.2. The summed E-state index contributed by atoms with van der Waals surface area (Å²) < 4.78 is 38.7. The highest BCUT2D eigenvalue weighted by molar-refractivity contribution is 7.91. The van der Waals surface area contributed by atoms with Crippen molar-refractivity contribution in [1.82, 2.24) is 9.55 Å². The molecule has 1 N–H and O–H groups in total. The summed E-state index contributed by atoms with van der Waals surface area (Å²) in [5, 5.41) is 2.70. The minimum absolute atomic E-state index is 0.00634. The van der Waals surface area contributed by atoms with E-state index in [1.807, 2.05) is 28.8 Å². The Morgan fingerprint density at radius 2 is 2.04 bits per heavy atom. The Kier molecular flexibility index (Phi) is 4.89. The third-order valence-electron chi connectivity index (χ3n) is 4.94. The lowest BCUT2D eigenvalue weighted by atomic mass is 10.1. The largest absolute Gasteiger partial charge is 0.324 e. The molecular weight excluding hydrogens is 381 g/mol. The number of hydrogen-bond donors (Lipinski definition) is 1. The number of halogens is 1. The van der Waals surface area contributed by atoms with Crippen molar-refractivity contribution in [3.05, 3.63) is 60.2 Å². The van der Waals surface area contributed by atoms with Gasteiger partial charge in [0.1, 0.15) is 18.2 Å². The number of carbonyl (C=O) groups is 1. The van der Waals surface area contributed by atoms with Crippen molar-refractivity contribution in [2.24, 2.45) is 5.92 Å². The lowest BCUT2D eigenvalue weighted by Crippen LogP contribution is -2.21. The van der Waals surface area contributed by atoms with Crippen LogP contribution in [-0.4, -0.2) is 35.4 Å². The predicted molar refractivity (Wildman–Crippen MR) is 105 cm³/mol. The highest BCUT2D eigenvalue weighted by atomic mass is 32.2. The van der Waals surface area contributed by atoms with Crippen LogP contribution in [0.5, 0.6) is 0 Å².